The van der Waals surface area contributed by atoms with E-state index in [0.29, 0.717) is 24.7 Å². The van der Waals surface area contributed by atoms with Crippen molar-refractivity contribution in [3.8, 4) is 11.5 Å². The molecule has 33 heavy (non-hydrogen) atoms. The van der Waals surface area contributed by atoms with Gasteiger partial charge in [-0.3, -0.25) is 9.59 Å². The van der Waals surface area contributed by atoms with E-state index in [-0.39, 0.29) is 42.7 Å². The van der Waals surface area contributed by atoms with Crippen LogP contribution >= 0.6 is 0 Å². The number of hydrogen-bond acceptors (Lipinski definition) is 8. The molecule has 1 aliphatic heterocycles. The van der Waals surface area contributed by atoms with Gasteiger partial charge < -0.3 is 24.3 Å². The van der Waals surface area contributed by atoms with Crippen molar-refractivity contribution in [3.05, 3.63) is 48.0 Å². The van der Waals surface area contributed by atoms with Crippen LogP contribution < -0.4 is 14.8 Å². The van der Waals surface area contributed by atoms with Crippen LogP contribution in [0.5, 0.6) is 11.5 Å². The van der Waals surface area contributed by atoms with Gasteiger partial charge in [0, 0.05) is 13.1 Å². The second kappa shape index (κ2) is 11.1. The number of carbonyl (C=O) groups excluding carboxylic acids is 2. The summed E-state index contributed by atoms with van der Waals surface area (Å²) in [5.41, 5.74) is 0.968. The van der Waals surface area contributed by atoms with Crippen LogP contribution in [-0.4, -0.2) is 71.7 Å². The van der Waals surface area contributed by atoms with Gasteiger partial charge in [0.15, 0.2) is 6.61 Å². The molecule has 1 fully saturated rings. The molecular weight excluding hydrogens is 452 g/mol. The first-order valence-corrected chi connectivity index (χ1v) is 11.6. The Morgan fingerprint density at radius 3 is 2.39 bits per heavy atom. The lowest BCUT2D eigenvalue weighted by Crippen LogP contribution is -2.40. The number of rotatable bonds is 9. The number of amides is 1. The highest BCUT2D eigenvalue weighted by atomic mass is 32.2. The Morgan fingerprint density at radius 2 is 1.76 bits per heavy atom. The minimum absolute atomic E-state index is 0.0441. The van der Waals surface area contributed by atoms with Gasteiger partial charge in [0.1, 0.15) is 11.5 Å². The second-order valence-corrected chi connectivity index (χ2v) is 9.05. The zero-order valence-electron chi connectivity index (χ0n) is 18.4. The van der Waals surface area contributed by atoms with Gasteiger partial charge in [-0.15, -0.1) is 0 Å². The summed E-state index contributed by atoms with van der Waals surface area (Å²) in [5, 5.41) is 2.63. The van der Waals surface area contributed by atoms with Crippen molar-refractivity contribution in [2.45, 2.75) is 11.3 Å². The number of sulfonamides is 1. The fourth-order valence-electron chi connectivity index (χ4n) is 3.16. The van der Waals surface area contributed by atoms with Gasteiger partial charge in [0.25, 0.3) is 5.91 Å². The van der Waals surface area contributed by atoms with E-state index >= 15 is 0 Å². The summed E-state index contributed by atoms with van der Waals surface area (Å²) in [5.74, 6) is -0.0893. The molecule has 0 bridgehead atoms. The van der Waals surface area contributed by atoms with Crippen LogP contribution in [0.1, 0.15) is 5.56 Å². The molecule has 0 aliphatic carbocycles. The summed E-state index contributed by atoms with van der Waals surface area (Å²) in [6.45, 7) is 0.893. The number of hydrogen-bond donors (Lipinski definition) is 1. The van der Waals surface area contributed by atoms with E-state index in [1.54, 1.807) is 24.3 Å². The Kier molecular flexibility index (Phi) is 8.26. The van der Waals surface area contributed by atoms with Crippen LogP contribution in [0.25, 0.3) is 0 Å². The summed E-state index contributed by atoms with van der Waals surface area (Å²) in [6, 6.07) is 11.0. The van der Waals surface area contributed by atoms with Gasteiger partial charge in [0.05, 0.1) is 44.4 Å². The molecule has 1 N–H and O–H groups in total. The van der Waals surface area contributed by atoms with Gasteiger partial charge in [-0.25, -0.2) is 8.42 Å². The largest absolute Gasteiger partial charge is 0.495 e. The fourth-order valence-corrected chi connectivity index (χ4v) is 4.59. The monoisotopic (exact) mass is 478 g/mol. The predicted molar refractivity (Wildman–Crippen MR) is 119 cm³/mol. The number of morpholine rings is 1. The van der Waals surface area contributed by atoms with Crippen molar-refractivity contribution in [1.29, 1.82) is 0 Å². The van der Waals surface area contributed by atoms with Gasteiger partial charge >= 0.3 is 5.97 Å². The van der Waals surface area contributed by atoms with Gasteiger partial charge in [-0.05, 0) is 35.9 Å². The highest BCUT2D eigenvalue weighted by molar-refractivity contribution is 7.89. The van der Waals surface area contributed by atoms with E-state index in [1.165, 1.54) is 36.7 Å². The van der Waals surface area contributed by atoms with Crippen LogP contribution in [0.2, 0.25) is 0 Å². The fraction of sp³-hybridized carbons (Fsp3) is 0.364. The molecule has 0 saturated carbocycles. The number of benzene rings is 2. The molecule has 11 heteroatoms. The van der Waals surface area contributed by atoms with Crippen molar-refractivity contribution in [2.24, 2.45) is 0 Å². The molecule has 0 unspecified atom stereocenters. The van der Waals surface area contributed by atoms with Gasteiger partial charge in [0.2, 0.25) is 10.0 Å². The highest BCUT2D eigenvalue weighted by Crippen LogP contribution is 2.29. The van der Waals surface area contributed by atoms with E-state index < -0.39 is 15.9 Å². The smallest absolute Gasteiger partial charge is 0.309 e. The van der Waals surface area contributed by atoms with Crippen LogP contribution in [0, 0.1) is 0 Å². The molecule has 178 valence electrons. The topological polar surface area (TPSA) is 120 Å². The number of nitrogens with one attached hydrogen (secondary N) is 1. The normalized spacial score (nSPS) is 14.4. The molecule has 2 aromatic carbocycles. The predicted octanol–water partition coefficient (Wildman–Crippen LogP) is 1.45. The van der Waals surface area contributed by atoms with E-state index in [1.807, 2.05) is 0 Å². The molecule has 0 radical (unpaired) electrons. The molecule has 1 aliphatic rings. The minimum atomic E-state index is -3.73. The Labute approximate surface area is 192 Å². The van der Waals surface area contributed by atoms with Crippen LogP contribution in [-0.2, 0) is 35.5 Å². The van der Waals surface area contributed by atoms with Crippen molar-refractivity contribution >= 4 is 27.6 Å². The summed E-state index contributed by atoms with van der Waals surface area (Å²) in [4.78, 5) is 23.8. The van der Waals surface area contributed by atoms with Crippen LogP contribution in [0.15, 0.2) is 47.4 Å². The van der Waals surface area contributed by atoms with Crippen molar-refractivity contribution in [2.75, 3.05) is 52.4 Å². The zero-order valence-corrected chi connectivity index (χ0v) is 19.2. The van der Waals surface area contributed by atoms with E-state index in [2.05, 4.69) is 10.1 Å². The van der Waals surface area contributed by atoms with Crippen LogP contribution in [0.4, 0.5) is 5.69 Å². The molecule has 2 aromatic rings. The summed E-state index contributed by atoms with van der Waals surface area (Å²) in [6.07, 6.45) is 0.140. The number of carbonyl (C=O) groups is 2. The third kappa shape index (κ3) is 6.44. The Bertz CT molecular complexity index is 1080. The minimum Gasteiger partial charge on any atom is -0.495 e. The number of nitrogens with zero attached hydrogens (tertiary/aromatic N) is 1. The molecule has 1 amide bonds. The zero-order chi connectivity index (χ0) is 23.8. The summed E-state index contributed by atoms with van der Waals surface area (Å²) in [7, 11) is -0.988. The number of methoxy groups -OCH3 is 2. The lowest BCUT2D eigenvalue weighted by Gasteiger charge is -2.26. The average molecular weight is 479 g/mol. The van der Waals surface area contributed by atoms with Gasteiger partial charge in [-0.1, -0.05) is 12.1 Å². The van der Waals surface area contributed by atoms with E-state index in [4.69, 9.17) is 14.2 Å². The maximum absolute atomic E-state index is 12.9. The highest BCUT2D eigenvalue weighted by Gasteiger charge is 2.27. The molecule has 1 heterocycles. The number of esters is 1. The molecule has 10 nitrogen and oxygen atoms in total. The molecule has 0 spiro atoms. The summed E-state index contributed by atoms with van der Waals surface area (Å²) < 4.78 is 47.7. The first-order chi connectivity index (χ1) is 15.8. The molecule has 1 saturated heterocycles. The Balaban J connectivity index is 1.65. The lowest BCUT2D eigenvalue weighted by atomic mass is 10.1. The van der Waals surface area contributed by atoms with Crippen LogP contribution in [0.3, 0.4) is 0 Å². The van der Waals surface area contributed by atoms with Gasteiger partial charge in [-0.2, -0.15) is 4.31 Å². The van der Waals surface area contributed by atoms with Crippen molar-refractivity contribution < 1.29 is 37.0 Å². The molecule has 0 atom stereocenters. The Morgan fingerprint density at radius 1 is 1.06 bits per heavy atom. The Hall–Kier alpha value is -3.15. The molecule has 3 rings (SSSR count). The average Bonchev–Trinajstić information content (AvgIpc) is 2.84. The standard InChI is InChI=1S/C22H26N2O8S/c1-29-20-8-7-18(33(27,28)24-9-11-31-12-10-24)14-19(20)23-21(25)15-32-17-5-3-16(4-6-17)13-22(26)30-2/h3-8,14H,9-13,15H2,1-2H3,(H,23,25). The number of anilines is 1. The second-order valence-electron chi connectivity index (χ2n) is 7.11. The van der Waals surface area contributed by atoms with E-state index in [0.717, 1.165) is 5.56 Å². The first kappa shape index (κ1) is 24.5. The third-order valence-corrected chi connectivity index (χ3v) is 6.82. The molecule has 0 aromatic heterocycles. The van der Waals surface area contributed by atoms with E-state index in [9.17, 15) is 18.0 Å². The maximum atomic E-state index is 12.9. The summed E-state index contributed by atoms with van der Waals surface area (Å²) >= 11 is 0. The lowest BCUT2D eigenvalue weighted by molar-refractivity contribution is -0.139. The third-order valence-electron chi connectivity index (χ3n) is 4.92. The quantitative estimate of drug-likeness (QED) is 0.538. The maximum Gasteiger partial charge on any atom is 0.309 e. The number of ether oxygens (including phenoxy) is 4. The van der Waals surface area contributed by atoms with Crippen molar-refractivity contribution in [1.82, 2.24) is 4.31 Å². The SMILES string of the molecule is COC(=O)Cc1ccc(OCC(=O)Nc2cc(S(=O)(=O)N3CCOCC3)ccc2OC)cc1. The first-order valence-electron chi connectivity index (χ1n) is 10.2. The molecular formula is C22H26N2O8S. The van der Waals surface area contributed by atoms with Crippen molar-refractivity contribution in [3.63, 3.8) is 0 Å².